The molecule has 4 rings (SSSR count). The van der Waals surface area contributed by atoms with Gasteiger partial charge in [-0.3, -0.25) is 9.59 Å². The number of nitrogens with one attached hydrogen (secondary N) is 2. The van der Waals surface area contributed by atoms with E-state index in [2.05, 4.69) is 10.6 Å². The van der Waals surface area contributed by atoms with E-state index in [9.17, 15) is 29.4 Å². The fraction of sp³-hybridized carbons (Fsp3) is 0.312. The predicted octanol–water partition coefficient (Wildman–Crippen LogP) is 4.19. The van der Waals surface area contributed by atoms with E-state index in [1.165, 1.54) is 50.4 Å². The lowest BCUT2D eigenvalue weighted by molar-refractivity contribution is -0.139. The number of rotatable bonds is 12. The number of benzene rings is 3. The van der Waals surface area contributed by atoms with Crippen LogP contribution >= 0.6 is 0 Å². The van der Waals surface area contributed by atoms with Gasteiger partial charge in [0.1, 0.15) is 17.4 Å². The third-order valence-corrected chi connectivity index (χ3v) is 7.02. The lowest BCUT2D eigenvalue weighted by atomic mass is 10.0. The monoisotopic (exact) mass is 590 g/mol. The Labute approximate surface area is 248 Å². The van der Waals surface area contributed by atoms with Gasteiger partial charge < -0.3 is 35.1 Å². The smallest absolute Gasteiger partial charge is 0.347 e. The molecule has 3 aromatic carbocycles. The molecule has 0 saturated heterocycles. The van der Waals surface area contributed by atoms with Gasteiger partial charge in [0.15, 0.2) is 17.8 Å². The zero-order valence-electron chi connectivity index (χ0n) is 23.9. The molecule has 11 nitrogen and oxygen atoms in total. The highest BCUT2D eigenvalue weighted by Gasteiger charge is 2.24. The number of aliphatic hydroxyl groups is 1. The molecule has 43 heavy (non-hydrogen) atoms. The number of methoxy groups -OCH3 is 1. The number of hydrogen-bond donors (Lipinski definition) is 4. The maximum absolute atomic E-state index is 12.9. The molecule has 4 N–H and O–H groups in total. The largest absolute Gasteiger partial charge is 0.493 e. The van der Waals surface area contributed by atoms with Gasteiger partial charge in [0.05, 0.1) is 7.11 Å². The van der Waals surface area contributed by atoms with Crippen molar-refractivity contribution >= 4 is 29.4 Å². The number of carboxylic acids is 1. The Morgan fingerprint density at radius 3 is 2.28 bits per heavy atom. The summed E-state index contributed by atoms with van der Waals surface area (Å²) in [6.45, 7) is 1.41. The summed E-state index contributed by atoms with van der Waals surface area (Å²) in [6, 6.07) is 15.8. The molecule has 1 aliphatic rings. The van der Waals surface area contributed by atoms with Gasteiger partial charge in [-0.05, 0) is 73.9 Å². The van der Waals surface area contributed by atoms with E-state index in [4.69, 9.17) is 14.2 Å². The molecule has 2 amide bonds. The van der Waals surface area contributed by atoms with E-state index in [-0.39, 0.29) is 46.6 Å². The van der Waals surface area contributed by atoms with Crippen LogP contribution < -0.4 is 24.8 Å². The Bertz CT molecular complexity index is 1460. The molecule has 2 atom stereocenters. The second kappa shape index (κ2) is 14.3. The molecule has 2 unspecified atom stereocenters. The van der Waals surface area contributed by atoms with Crippen molar-refractivity contribution in [2.75, 3.05) is 12.4 Å². The van der Waals surface area contributed by atoms with Crippen LogP contribution in [0.25, 0.3) is 0 Å². The first-order valence-corrected chi connectivity index (χ1v) is 13.9. The zero-order chi connectivity index (χ0) is 30.9. The third kappa shape index (κ3) is 8.32. The number of esters is 1. The van der Waals surface area contributed by atoms with Crippen LogP contribution in [0.2, 0.25) is 0 Å². The lowest BCUT2D eigenvalue weighted by Gasteiger charge is -2.17. The van der Waals surface area contributed by atoms with Crippen LogP contribution in [0.15, 0.2) is 66.7 Å². The molecule has 0 aromatic heterocycles. The van der Waals surface area contributed by atoms with Gasteiger partial charge in [-0.25, -0.2) is 9.59 Å². The van der Waals surface area contributed by atoms with E-state index in [0.29, 0.717) is 11.3 Å². The van der Waals surface area contributed by atoms with Gasteiger partial charge in [-0.15, -0.1) is 0 Å². The van der Waals surface area contributed by atoms with Gasteiger partial charge in [0.25, 0.3) is 5.91 Å². The molecule has 0 heterocycles. The first kappa shape index (κ1) is 31.0. The Morgan fingerprint density at radius 2 is 1.63 bits per heavy atom. The van der Waals surface area contributed by atoms with Crippen LogP contribution in [-0.4, -0.2) is 53.4 Å². The fourth-order valence-electron chi connectivity index (χ4n) is 4.81. The van der Waals surface area contributed by atoms with Crippen LogP contribution in [0.4, 0.5) is 5.69 Å². The number of hydrogen-bond acceptors (Lipinski definition) is 8. The first-order valence-electron chi connectivity index (χ1n) is 13.9. The molecule has 226 valence electrons. The average Bonchev–Trinajstić information content (AvgIpc) is 3.53. The summed E-state index contributed by atoms with van der Waals surface area (Å²) in [5, 5.41) is 24.7. The number of para-hydroxylation sites is 1. The van der Waals surface area contributed by atoms with Crippen LogP contribution in [0.5, 0.6) is 17.2 Å². The normalized spacial score (nSPS) is 14.3. The van der Waals surface area contributed by atoms with Gasteiger partial charge in [-0.1, -0.05) is 31.0 Å². The number of aliphatic carboxylic acids is 1. The van der Waals surface area contributed by atoms with E-state index in [1.807, 2.05) is 0 Å². The summed E-state index contributed by atoms with van der Waals surface area (Å²) < 4.78 is 16.1. The average molecular weight is 591 g/mol. The lowest BCUT2D eigenvalue weighted by Crippen LogP contribution is -2.42. The van der Waals surface area contributed by atoms with Crippen LogP contribution in [0, 0.1) is 5.92 Å². The SMILES string of the molecule is COc1cc(CC(NC(=O)c2ccc(NC(=O)C3CCCC3)cc2)C(=O)O)ccc1OC(=O)c1ccccc1OC(C)O. The van der Waals surface area contributed by atoms with Crippen molar-refractivity contribution in [3.63, 3.8) is 0 Å². The molecule has 0 bridgehead atoms. The molecule has 1 fully saturated rings. The quantitative estimate of drug-likeness (QED) is 0.138. The van der Waals surface area contributed by atoms with Crippen molar-refractivity contribution in [2.24, 2.45) is 5.92 Å². The van der Waals surface area contributed by atoms with Crippen molar-refractivity contribution in [1.82, 2.24) is 5.32 Å². The molecule has 0 aliphatic heterocycles. The predicted molar refractivity (Wildman–Crippen MR) is 156 cm³/mol. The Kier molecular flexibility index (Phi) is 10.3. The van der Waals surface area contributed by atoms with E-state index < -0.39 is 30.2 Å². The number of ether oxygens (including phenoxy) is 3. The van der Waals surface area contributed by atoms with Gasteiger partial charge >= 0.3 is 11.9 Å². The summed E-state index contributed by atoms with van der Waals surface area (Å²) in [4.78, 5) is 50.1. The number of aliphatic hydroxyl groups excluding tert-OH is 1. The maximum atomic E-state index is 12.9. The molecular weight excluding hydrogens is 556 g/mol. The minimum Gasteiger partial charge on any atom is -0.493 e. The third-order valence-electron chi connectivity index (χ3n) is 7.02. The zero-order valence-corrected chi connectivity index (χ0v) is 23.9. The van der Waals surface area contributed by atoms with Crippen molar-refractivity contribution < 1.29 is 43.6 Å². The first-order chi connectivity index (χ1) is 20.6. The van der Waals surface area contributed by atoms with Gasteiger partial charge in [-0.2, -0.15) is 0 Å². The molecule has 0 spiro atoms. The van der Waals surface area contributed by atoms with E-state index >= 15 is 0 Å². The topological polar surface area (TPSA) is 160 Å². The molecular formula is C32H34N2O9. The minimum atomic E-state index is -1.27. The molecule has 1 aliphatic carbocycles. The van der Waals surface area contributed by atoms with Crippen molar-refractivity contribution in [3.8, 4) is 17.2 Å². The van der Waals surface area contributed by atoms with Crippen LogP contribution in [0.1, 0.15) is 58.9 Å². The highest BCUT2D eigenvalue weighted by molar-refractivity contribution is 5.98. The van der Waals surface area contributed by atoms with Crippen molar-refractivity contribution in [1.29, 1.82) is 0 Å². The number of carbonyl (C=O) groups excluding carboxylic acids is 3. The summed E-state index contributed by atoms with van der Waals surface area (Å²) in [6.07, 6.45) is 2.62. The summed E-state index contributed by atoms with van der Waals surface area (Å²) in [7, 11) is 1.37. The van der Waals surface area contributed by atoms with Crippen LogP contribution in [0.3, 0.4) is 0 Å². The second-order valence-corrected chi connectivity index (χ2v) is 10.2. The second-order valence-electron chi connectivity index (χ2n) is 10.2. The number of amides is 2. The molecule has 3 aromatic rings. The summed E-state index contributed by atoms with van der Waals surface area (Å²) >= 11 is 0. The Balaban J connectivity index is 1.40. The van der Waals surface area contributed by atoms with Crippen molar-refractivity contribution in [2.45, 2.75) is 51.4 Å². The summed E-state index contributed by atoms with van der Waals surface area (Å²) in [5.74, 6) is -2.21. The van der Waals surface area contributed by atoms with E-state index in [0.717, 1.165) is 25.7 Å². The summed E-state index contributed by atoms with van der Waals surface area (Å²) in [5.41, 5.74) is 1.40. The number of anilines is 1. The van der Waals surface area contributed by atoms with Crippen molar-refractivity contribution in [3.05, 3.63) is 83.4 Å². The number of carboxylic acid groups (broad SMARTS) is 1. The Hall–Kier alpha value is -4.90. The minimum absolute atomic E-state index is 0.00569. The maximum Gasteiger partial charge on any atom is 0.347 e. The highest BCUT2D eigenvalue weighted by atomic mass is 16.6. The highest BCUT2D eigenvalue weighted by Crippen LogP contribution is 2.31. The van der Waals surface area contributed by atoms with Gasteiger partial charge in [0.2, 0.25) is 5.91 Å². The molecule has 0 radical (unpaired) electrons. The van der Waals surface area contributed by atoms with E-state index in [1.54, 1.807) is 30.3 Å². The number of carbonyl (C=O) groups is 4. The Morgan fingerprint density at radius 1 is 0.930 bits per heavy atom. The standard InChI is InChI=1S/C32H34N2O9/c1-19(35)42-26-10-6-5-9-24(26)32(40)43-27-16-11-20(18-28(27)41-2)17-25(31(38)39)34-30(37)22-12-14-23(15-13-22)33-29(36)21-7-3-4-8-21/h5-6,9-16,18-19,21,25,35H,3-4,7-8,17H2,1-2H3,(H,33,36)(H,34,37)(H,38,39). The fourth-order valence-corrected chi connectivity index (χ4v) is 4.81. The molecule has 1 saturated carbocycles. The van der Waals surface area contributed by atoms with Crippen LogP contribution in [-0.2, 0) is 16.0 Å². The van der Waals surface area contributed by atoms with Gasteiger partial charge in [0, 0.05) is 23.6 Å². The molecule has 11 heteroatoms.